The second-order valence-electron chi connectivity index (χ2n) is 8.07. The molecule has 1 amide bonds. The summed E-state index contributed by atoms with van der Waals surface area (Å²) in [6.07, 6.45) is 2.91. The summed E-state index contributed by atoms with van der Waals surface area (Å²) in [7, 11) is 0. The van der Waals surface area contributed by atoms with Gasteiger partial charge in [0.1, 0.15) is 12.4 Å². The number of amides is 1. The largest absolute Gasteiger partial charge is 0.489 e. The number of ether oxygens (including phenoxy) is 1. The van der Waals surface area contributed by atoms with E-state index in [0.29, 0.717) is 19.6 Å². The monoisotopic (exact) mass is 414 g/mol. The van der Waals surface area contributed by atoms with Crippen LogP contribution in [0.25, 0.3) is 0 Å². The summed E-state index contributed by atoms with van der Waals surface area (Å²) in [4.78, 5) is 15.1. The average Bonchev–Trinajstić information content (AvgIpc) is 3.37. The van der Waals surface area contributed by atoms with Gasteiger partial charge >= 0.3 is 0 Å². The molecule has 1 atom stereocenters. The quantitative estimate of drug-likeness (QED) is 0.557. The molecule has 1 heterocycles. The predicted octanol–water partition coefficient (Wildman–Crippen LogP) is 4.59. The predicted molar refractivity (Wildman–Crippen MR) is 124 cm³/mol. The second kappa shape index (κ2) is 10.8. The Labute approximate surface area is 184 Å². The summed E-state index contributed by atoms with van der Waals surface area (Å²) < 4.78 is 5.88. The maximum absolute atomic E-state index is 13.1. The first-order valence-electron chi connectivity index (χ1n) is 11.1. The van der Waals surface area contributed by atoms with Crippen LogP contribution in [-0.2, 0) is 24.4 Å². The molecular weight excluding hydrogens is 384 g/mol. The van der Waals surface area contributed by atoms with Gasteiger partial charge in [0, 0.05) is 19.6 Å². The highest BCUT2D eigenvalue weighted by Crippen LogP contribution is 2.16. The molecule has 0 bridgehead atoms. The Bertz CT molecular complexity index is 936. The molecule has 1 fully saturated rings. The topological polar surface area (TPSA) is 41.6 Å². The van der Waals surface area contributed by atoms with E-state index in [1.165, 1.54) is 5.56 Å². The lowest BCUT2D eigenvalue weighted by Gasteiger charge is -2.24. The van der Waals surface area contributed by atoms with E-state index in [0.717, 1.165) is 42.8 Å². The summed E-state index contributed by atoms with van der Waals surface area (Å²) in [6, 6.07) is 28.3. The fourth-order valence-corrected chi connectivity index (χ4v) is 3.94. The lowest BCUT2D eigenvalue weighted by molar-refractivity contribution is -0.132. The maximum atomic E-state index is 13.1. The third-order valence-electron chi connectivity index (χ3n) is 5.72. The second-order valence-corrected chi connectivity index (χ2v) is 8.07. The van der Waals surface area contributed by atoms with Crippen molar-refractivity contribution in [1.29, 1.82) is 0 Å². The molecule has 4 rings (SSSR count). The van der Waals surface area contributed by atoms with Crippen LogP contribution in [0.5, 0.6) is 5.75 Å². The molecule has 3 aromatic rings. The number of hydrogen-bond acceptors (Lipinski definition) is 3. The standard InChI is InChI=1S/C27H30N2O2/c30-27(29-17-7-8-18-29)26(19-22-9-3-1-4-10-22)28-20-23-13-15-25(16-14-23)31-21-24-11-5-2-6-12-24/h1-6,9-16,26,28H,7-8,17-21H2/t26-/m0/s1. The Balaban J connectivity index is 1.35. The van der Waals surface area contributed by atoms with E-state index in [-0.39, 0.29) is 11.9 Å². The number of carbonyl (C=O) groups is 1. The van der Waals surface area contributed by atoms with E-state index in [9.17, 15) is 4.79 Å². The zero-order valence-electron chi connectivity index (χ0n) is 17.9. The molecule has 0 saturated carbocycles. The lowest BCUT2D eigenvalue weighted by atomic mass is 10.0. The van der Waals surface area contributed by atoms with Crippen molar-refractivity contribution < 1.29 is 9.53 Å². The molecule has 3 aromatic carbocycles. The van der Waals surface area contributed by atoms with Gasteiger partial charge in [-0.2, -0.15) is 0 Å². The summed E-state index contributed by atoms with van der Waals surface area (Å²) in [5.74, 6) is 1.06. The zero-order chi connectivity index (χ0) is 21.3. The number of rotatable bonds is 9. The van der Waals surface area contributed by atoms with Gasteiger partial charge in [0.25, 0.3) is 0 Å². The van der Waals surface area contributed by atoms with Gasteiger partial charge in [0.2, 0.25) is 5.91 Å². The van der Waals surface area contributed by atoms with Crippen LogP contribution in [0.4, 0.5) is 0 Å². The summed E-state index contributed by atoms with van der Waals surface area (Å²) in [5.41, 5.74) is 3.47. The van der Waals surface area contributed by atoms with Crippen molar-refractivity contribution in [2.75, 3.05) is 13.1 Å². The van der Waals surface area contributed by atoms with Crippen LogP contribution < -0.4 is 10.1 Å². The van der Waals surface area contributed by atoms with Gasteiger partial charge < -0.3 is 15.0 Å². The van der Waals surface area contributed by atoms with Gasteiger partial charge in [-0.1, -0.05) is 72.8 Å². The molecule has 0 radical (unpaired) electrons. The molecule has 1 saturated heterocycles. The average molecular weight is 415 g/mol. The number of hydrogen-bond donors (Lipinski definition) is 1. The van der Waals surface area contributed by atoms with Gasteiger partial charge in [-0.05, 0) is 48.1 Å². The van der Waals surface area contributed by atoms with Crippen LogP contribution in [0, 0.1) is 0 Å². The van der Waals surface area contributed by atoms with Gasteiger partial charge in [-0.3, -0.25) is 4.79 Å². The van der Waals surface area contributed by atoms with Crippen molar-refractivity contribution in [1.82, 2.24) is 10.2 Å². The van der Waals surface area contributed by atoms with Crippen LogP contribution in [-0.4, -0.2) is 29.9 Å². The van der Waals surface area contributed by atoms with E-state index < -0.39 is 0 Å². The van der Waals surface area contributed by atoms with Gasteiger partial charge in [0.15, 0.2) is 0 Å². The van der Waals surface area contributed by atoms with E-state index in [1.54, 1.807) is 0 Å². The van der Waals surface area contributed by atoms with Crippen LogP contribution in [0.2, 0.25) is 0 Å². The van der Waals surface area contributed by atoms with Crippen molar-refractivity contribution in [3.8, 4) is 5.75 Å². The van der Waals surface area contributed by atoms with Crippen molar-refractivity contribution >= 4 is 5.91 Å². The Morgan fingerprint density at radius 1 is 0.806 bits per heavy atom. The molecule has 160 valence electrons. The normalized spacial score (nSPS) is 14.4. The molecule has 1 N–H and O–H groups in total. The molecule has 4 nitrogen and oxygen atoms in total. The van der Waals surface area contributed by atoms with Crippen molar-refractivity contribution in [2.24, 2.45) is 0 Å². The fourth-order valence-electron chi connectivity index (χ4n) is 3.94. The third-order valence-corrected chi connectivity index (χ3v) is 5.72. The molecule has 1 aliphatic heterocycles. The molecule has 31 heavy (non-hydrogen) atoms. The highest BCUT2D eigenvalue weighted by molar-refractivity contribution is 5.82. The van der Waals surface area contributed by atoms with E-state index >= 15 is 0 Å². The zero-order valence-corrected chi connectivity index (χ0v) is 17.9. The summed E-state index contributed by atoms with van der Waals surface area (Å²) in [5, 5.41) is 3.51. The molecule has 0 aliphatic carbocycles. The van der Waals surface area contributed by atoms with Gasteiger partial charge in [-0.25, -0.2) is 0 Å². The Hall–Kier alpha value is -3.11. The van der Waals surface area contributed by atoms with Crippen LogP contribution in [0.1, 0.15) is 29.5 Å². The molecule has 0 aromatic heterocycles. The smallest absolute Gasteiger partial charge is 0.240 e. The number of benzene rings is 3. The number of nitrogens with one attached hydrogen (secondary N) is 1. The molecule has 0 unspecified atom stereocenters. The third kappa shape index (κ3) is 6.19. The number of likely N-dealkylation sites (tertiary alicyclic amines) is 1. The Kier molecular flexibility index (Phi) is 7.35. The van der Waals surface area contributed by atoms with Crippen molar-refractivity contribution in [3.63, 3.8) is 0 Å². The summed E-state index contributed by atoms with van der Waals surface area (Å²) >= 11 is 0. The molecule has 4 heteroatoms. The molecule has 1 aliphatic rings. The molecule has 0 spiro atoms. The minimum Gasteiger partial charge on any atom is -0.489 e. The van der Waals surface area contributed by atoms with Crippen LogP contribution in [0.3, 0.4) is 0 Å². The van der Waals surface area contributed by atoms with Crippen molar-refractivity contribution in [2.45, 2.75) is 38.5 Å². The first-order valence-corrected chi connectivity index (χ1v) is 11.1. The first kappa shape index (κ1) is 21.1. The minimum atomic E-state index is -0.213. The van der Waals surface area contributed by atoms with Gasteiger partial charge in [-0.15, -0.1) is 0 Å². The highest BCUT2D eigenvalue weighted by atomic mass is 16.5. The van der Waals surface area contributed by atoms with Crippen LogP contribution >= 0.6 is 0 Å². The lowest BCUT2D eigenvalue weighted by Crippen LogP contribution is -2.46. The minimum absolute atomic E-state index is 0.212. The number of nitrogens with zero attached hydrogens (tertiary/aromatic N) is 1. The first-order chi connectivity index (χ1) is 15.3. The SMILES string of the molecule is O=C([C@H](Cc1ccccc1)NCc1ccc(OCc2ccccc2)cc1)N1CCCC1. The van der Waals surface area contributed by atoms with Crippen molar-refractivity contribution in [3.05, 3.63) is 102 Å². The molecular formula is C27H30N2O2. The van der Waals surface area contributed by atoms with E-state index in [2.05, 4.69) is 41.7 Å². The number of carbonyl (C=O) groups excluding carboxylic acids is 1. The van der Waals surface area contributed by atoms with E-state index in [4.69, 9.17) is 4.74 Å². The highest BCUT2D eigenvalue weighted by Gasteiger charge is 2.26. The maximum Gasteiger partial charge on any atom is 0.240 e. The Morgan fingerprint density at radius 3 is 2.06 bits per heavy atom. The fraction of sp³-hybridized carbons (Fsp3) is 0.296. The summed E-state index contributed by atoms with van der Waals surface area (Å²) in [6.45, 7) is 2.95. The van der Waals surface area contributed by atoms with Crippen LogP contribution in [0.15, 0.2) is 84.9 Å². The van der Waals surface area contributed by atoms with Gasteiger partial charge in [0.05, 0.1) is 6.04 Å². The van der Waals surface area contributed by atoms with E-state index in [1.807, 2.05) is 53.4 Å². The Morgan fingerprint density at radius 2 is 1.42 bits per heavy atom.